The third-order valence-electron chi connectivity index (χ3n) is 1.93. The quantitative estimate of drug-likeness (QED) is 0.771. The molecule has 0 bridgehead atoms. The fourth-order valence-electron chi connectivity index (χ4n) is 1.11. The largest absolute Gasteiger partial charge is 0.418 e. The molecule has 0 radical (unpaired) electrons. The highest BCUT2D eigenvalue weighted by Crippen LogP contribution is 2.39. The summed E-state index contributed by atoms with van der Waals surface area (Å²) >= 11 is 5.32. The zero-order valence-electron chi connectivity index (χ0n) is 7.90. The van der Waals surface area contributed by atoms with E-state index in [0.717, 1.165) is 0 Å². The first kappa shape index (κ1) is 14.1. The summed E-state index contributed by atoms with van der Waals surface area (Å²) in [6, 6.07) is 1.38. The number of rotatable bonds is 1. The Hall–Kier alpha value is -0.950. The van der Waals surface area contributed by atoms with Gasteiger partial charge in [-0.15, -0.1) is 0 Å². The lowest BCUT2D eigenvalue weighted by atomic mass is 10.1. The van der Waals surface area contributed by atoms with Gasteiger partial charge in [0, 0.05) is 10.6 Å². The molecule has 1 atom stereocenters. The maximum absolute atomic E-state index is 12.3. The van der Waals surface area contributed by atoms with Crippen molar-refractivity contribution in [1.29, 1.82) is 0 Å². The molecule has 1 nitrogen and oxygen atoms in total. The van der Waals surface area contributed by atoms with Crippen LogP contribution in [0.4, 0.5) is 26.3 Å². The van der Waals surface area contributed by atoms with Crippen LogP contribution in [-0.2, 0) is 6.18 Å². The van der Waals surface area contributed by atoms with Gasteiger partial charge in [0.15, 0.2) is 6.10 Å². The zero-order chi connectivity index (χ0) is 13.4. The minimum absolute atomic E-state index is 0.181. The van der Waals surface area contributed by atoms with Crippen molar-refractivity contribution < 1.29 is 31.4 Å². The van der Waals surface area contributed by atoms with Gasteiger partial charge in [-0.1, -0.05) is 11.6 Å². The molecule has 17 heavy (non-hydrogen) atoms. The molecule has 0 heterocycles. The predicted octanol–water partition coefficient (Wildman–Crippen LogP) is 3.95. The van der Waals surface area contributed by atoms with Gasteiger partial charge >= 0.3 is 12.4 Å². The van der Waals surface area contributed by atoms with E-state index >= 15 is 0 Å². The molecule has 1 unspecified atom stereocenters. The second-order valence-electron chi connectivity index (χ2n) is 3.18. The SMILES string of the molecule is OC(c1cc(C(F)(F)F)ccc1Cl)C(F)(F)F. The minimum Gasteiger partial charge on any atom is -0.379 e. The van der Waals surface area contributed by atoms with Crippen molar-refractivity contribution in [3.8, 4) is 0 Å². The number of hydrogen-bond acceptors (Lipinski definition) is 1. The Labute approximate surface area is 96.6 Å². The van der Waals surface area contributed by atoms with Crippen molar-refractivity contribution in [2.45, 2.75) is 18.5 Å². The van der Waals surface area contributed by atoms with E-state index in [0.29, 0.717) is 12.1 Å². The Morgan fingerprint density at radius 1 is 1.06 bits per heavy atom. The van der Waals surface area contributed by atoms with Gasteiger partial charge < -0.3 is 5.11 Å². The summed E-state index contributed by atoms with van der Waals surface area (Å²) in [5.41, 5.74) is -2.32. The highest BCUT2D eigenvalue weighted by Gasteiger charge is 2.41. The molecular weight excluding hydrogens is 274 g/mol. The standard InChI is InChI=1S/C9H5ClF6O/c10-6-2-1-4(8(11,12)13)3-5(6)7(17)9(14,15)16/h1-3,7,17H. The topological polar surface area (TPSA) is 20.2 Å². The summed E-state index contributed by atoms with van der Waals surface area (Å²) in [5.74, 6) is 0. The molecule has 96 valence electrons. The second-order valence-corrected chi connectivity index (χ2v) is 3.59. The molecule has 0 saturated heterocycles. The monoisotopic (exact) mass is 278 g/mol. The molecule has 1 aromatic carbocycles. The van der Waals surface area contributed by atoms with Gasteiger partial charge in [0.05, 0.1) is 5.56 Å². The molecule has 0 saturated carbocycles. The van der Waals surface area contributed by atoms with Crippen LogP contribution in [0, 0.1) is 0 Å². The second kappa shape index (κ2) is 4.38. The van der Waals surface area contributed by atoms with Gasteiger partial charge in [-0.25, -0.2) is 0 Å². The molecule has 0 fully saturated rings. The van der Waals surface area contributed by atoms with Crippen molar-refractivity contribution >= 4 is 11.6 Å². The normalized spacial score (nSPS) is 14.8. The van der Waals surface area contributed by atoms with Crippen molar-refractivity contribution in [3.63, 3.8) is 0 Å². The molecule has 0 aromatic heterocycles. The van der Waals surface area contributed by atoms with Crippen LogP contribution in [0.3, 0.4) is 0 Å². The molecule has 0 aliphatic carbocycles. The maximum Gasteiger partial charge on any atom is 0.418 e. The first-order valence-electron chi connectivity index (χ1n) is 4.15. The molecule has 0 spiro atoms. The number of hydrogen-bond donors (Lipinski definition) is 1. The van der Waals surface area contributed by atoms with Crippen molar-refractivity contribution in [3.05, 3.63) is 34.3 Å². The molecule has 8 heteroatoms. The summed E-state index contributed by atoms with van der Waals surface area (Å²) in [4.78, 5) is 0. The van der Waals surface area contributed by atoms with Crippen LogP contribution < -0.4 is 0 Å². The van der Waals surface area contributed by atoms with E-state index in [-0.39, 0.29) is 6.07 Å². The molecular formula is C9H5ClF6O. The Kier molecular flexibility index (Phi) is 3.63. The highest BCUT2D eigenvalue weighted by molar-refractivity contribution is 6.31. The van der Waals surface area contributed by atoms with Crippen LogP contribution in [-0.4, -0.2) is 11.3 Å². The number of halogens is 7. The molecule has 0 amide bonds. The average molecular weight is 279 g/mol. The van der Waals surface area contributed by atoms with Crippen LogP contribution in [0.2, 0.25) is 5.02 Å². The Morgan fingerprint density at radius 2 is 1.59 bits per heavy atom. The molecule has 1 aromatic rings. The van der Waals surface area contributed by atoms with Crippen LogP contribution in [0.25, 0.3) is 0 Å². The predicted molar refractivity (Wildman–Crippen MR) is 47.5 cm³/mol. The molecule has 1 N–H and O–H groups in total. The van der Waals surface area contributed by atoms with E-state index in [1.165, 1.54) is 0 Å². The van der Waals surface area contributed by atoms with Crippen LogP contribution in [0.1, 0.15) is 17.2 Å². The smallest absolute Gasteiger partial charge is 0.379 e. The average Bonchev–Trinajstić information content (AvgIpc) is 2.14. The van der Waals surface area contributed by atoms with Crippen molar-refractivity contribution in [2.75, 3.05) is 0 Å². The van der Waals surface area contributed by atoms with Gasteiger partial charge in [0.1, 0.15) is 0 Å². The van der Waals surface area contributed by atoms with Crippen LogP contribution in [0.5, 0.6) is 0 Å². The summed E-state index contributed by atoms with van der Waals surface area (Å²) in [6.07, 6.45) is -12.9. The number of aliphatic hydroxyl groups excluding tert-OH is 1. The maximum atomic E-state index is 12.3. The van der Waals surface area contributed by atoms with Crippen molar-refractivity contribution in [1.82, 2.24) is 0 Å². The van der Waals surface area contributed by atoms with Crippen molar-refractivity contribution in [2.24, 2.45) is 0 Å². The van der Waals surface area contributed by atoms with Gasteiger partial charge in [-0.3, -0.25) is 0 Å². The van der Waals surface area contributed by atoms with E-state index in [4.69, 9.17) is 16.7 Å². The first-order valence-corrected chi connectivity index (χ1v) is 4.52. The van der Waals surface area contributed by atoms with E-state index in [9.17, 15) is 26.3 Å². The van der Waals surface area contributed by atoms with Crippen LogP contribution >= 0.6 is 11.6 Å². The third-order valence-corrected chi connectivity index (χ3v) is 2.27. The molecule has 0 aliphatic rings. The van der Waals surface area contributed by atoms with Gasteiger partial charge in [-0.05, 0) is 18.2 Å². The number of alkyl halides is 6. The lowest BCUT2D eigenvalue weighted by molar-refractivity contribution is -0.207. The zero-order valence-corrected chi connectivity index (χ0v) is 8.66. The number of aliphatic hydroxyl groups is 1. The Balaban J connectivity index is 3.25. The van der Waals surface area contributed by atoms with E-state index in [2.05, 4.69) is 0 Å². The third kappa shape index (κ3) is 3.26. The van der Waals surface area contributed by atoms with Gasteiger partial charge in [0.2, 0.25) is 0 Å². The molecule has 0 aliphatic heterocycles. The fraction of sp³-hybridized carbons (Fsp3) is 0.333. The van der Waals surface area contributed by atoms with Gasteiger partial charge in [-0.2, -0.15) is 26.3 Å². The fourth-order valence-corrected chi connectivity index (χ4v) is 1.33. The Bertz CT molecular complexity index is 411. The van der Waals surface area contributed by atoms with Crippen LogP contribution in [0.15, 0.2) is 18.2 Å². The lowest BCUT2D eigenvalue weighted by Gasteiger charge is -2.17. The van der Waals surface area contributed by atoms with E-state index in [1.54, 1.807) is 0 Å². The summed E-state index contributed by atoms with van der Waals surface area (Å²) in [5, 5.41) is 8.27. The summed E-state index contributed by atoms with van der Waals surface area (Å²) in [7, 11) is 0. The first-order chi connectivity index (χ1) is 7.53. The summed E-state index contributed by atoms with van der Waals surface area (Å²) in [6.45, 7) is 0. The van der Waals surface area contributed by atoms with E-state index < -0.39 is 34.6 Å². The molecule has 1 rings (SSSR count). The minimum atomic E-state index is -5.08. The van der Waals surface area contributed by atoms with E-state index in [1.807, 2.05) is 0 Å². The van der Waals surface area contributed by atoms with Gasteiger partial charge in [0.25, 0.3) is 0 Å². The highest BCUT2D eigenvalue weighted by atomic mass is 35.5. The summed E-state index contributed by atoms with van der Waals surface area (Å²) < 4.78 is 73.2. The lowest BCUT2D eigenvalue weighted by Crippen LogP contribution is -2.21. The number of benzene rings is 1. The Morgan fingerprint density at radius 3 is 2.00 bits per heavy atom.